The van der Waals surface area contributed by atoms with Gasteiger partial charge in [0.1, 0.15) is 24.2 Å². The summed E-state index contributed by atoms with van der Waals surface area (Å²) in [5.41, 5.74) is 1.70. The maximum Gasteiger partial charge on any atom is 0.408 e. The zero-order valence-corrected chi connectivity index (χ0v) is 23.0. The van der Waals surface area contributed by atoms with Crippen LogP contribution in [0, 0.1) is 13.8 Å². The molecule has 2 atom stereocenters. The van der Waals surface area contributed by atoms with Crippen LogP contribution < -0.4 is 10.6 Å². The molecule has 36 heavy (non-hydrogen) atoms. The van der Waals surface area contributed by atoms with Crippen LogP contribution in [0.3, 0.4) is 0 Å². The van der Waals surface area contributed by atoms with Gasteiger partial charge in [-0.15, -0.1) is 0 Å². The molecule has 1 aromatic carbocycles. The molecule has 0 fully saturated rings. The normalized spacial score (nSPS) is 12.8. The number of unbranched alkanes of at least 4 members (excludes halogenated alkanes) is 3. The molecule has 0 saturated carbocycles. The van der Waals surface area contributed by atoms with Gasteiger partial charge in [0.05, 0.1) is 7.11 Å². The van der Waals surface area contributed by atoms with E-state index in [1.807, 2.05) is 32.0 Å². The number of hydrogen-bond acceptors (Lipinski definition) is 6. The Morgan fingerprint density at radius 1 is 1.06 bits per heavy atom. The third kappa shape index (κ3) is 10.3. The Labute approximate surface area is 215 Å². The van der Waals surface area contributed by atoms with Crippen LogP contribution in [0.15, 0.2) is 18.2 Å². The highest BCUT2D eigenvalue weighted by molar-refractivity contribution is 5.93. The van der Waals surface area contributed by atoms with Gasteiger partial charge < -0.3 is 25.0 Å². The van der Waals surface area contributed by atoms with Crippen LogP contribution in [-0.2, 0) is 23.9 Å². The number of aryl methyl sites for hydroxylation is 2. The molecule has 0 heterocycles. The predicted octanol–water partition coefficient (Wildman–Crippen LogP) is 3.96. The Kier molecular flexibility index (Phi) is 12.4. The number of hydrogen-bond donors (Lipinski definition) is 2. The number of ether oxygens (including phenoxy) is 2. The van der Waals surface area contributed by atoms with Gasteiger partial charge in [0, 0.05) is 6.54 Å². The van der Waals surface area contributed by atoms with E-state index in [9.17, 15) is 19.2 Å². The van der Waals surface area contributed by atoms with E-state index in [2.05, 4.69) is 22.3 Å². The van der Waals surface area contributed by atoms with Gasteiger partial charge in [-0.3, -0.25) is 14.4 Å². The molecule has 0 radical (unpaired) electrons. The molecule has 9 heteroatoms. The second kappa shape index (κ2) is 14.5. The second-order valence-electron chi connectivity index (χ2n) is 10.0. The highest BCUT2D eigenvalue weighted by Crippen LogP contribution is 2.27. The zero-order valence-electron chi connectivity index (χ0n) is 23.0. The number of carbonyl (C=O) groups excluding carboxylic acids is 4. The summed E-state index contributed by atoms with van der Waals surface area (Å²) in [6.07, 6.45) is 2.87. The molecule has 0 aliphatic carbocycles. The predicted molar refractivity (Wildman–Crippen MR) is 138 cm³/mol. The first-order chi connectivity index (χ1) is 16.8. The molecule has 0 aromatic heterocycles. The Morgan fingerprint density at radius 3 is 2.31 bits per heavy atom. The molecule has 1 aromatic rings. The van der Waals surface area contributed by atoms with Gasteiger partial charge in [-0.25, -0.2) is 4.79 Å². The van der Waals surface area contributed by atoms with Crippen LogP contribution in [0.4, 0.5) is 4.79 Å². The maximum atomic E-state index is 13.7. The van der Waals surface area contributed by atoms with E-state index >= 15 is 0 Å². The molecule has 2 N–H and O–H groups in total. The lowest BCUT2D eigenvalue weighted by molar-refractivity contribution is -0.144. The van der Waals surface area contributed by atoms with Crippen molar-refractivity contribution in [2.45, 2.75) is 91.8 Å². The van der Waals surface area contributed by atoms with E-state index in [0.717, 1.165) is 30.4 Å². The number of nitrogens with one attached hydrogen (secondary N) is 2. The molecule has 0 saturated heterocycles. The highest BCUT2D eigenvalue weighted by atomic mass is 16.6. The van der Waals surface area contributed by atoms with E-state index in [0.29, 0.717) is 18.5 Å². The van der Waals surface area contributed by atoms with Gasteiger partial charge in [-0.05, 0) is 59.1 Å². The number of rotatable bonds is 12. The lowest BCUT2D eigenvalue weighted by Crippen LogP contribution is -2.52. The number of benzene rings is 1. The largest absolute Gasteiger partial charge is 0.468 e. The van der Waals surface area contributed by atoms with E-state index in [-0.39, 0.29) is 6.54 Å². The number of amides is 3. The molecule has 1 rings (SSSR count). The van der Waals surface area contributed by atoms with Crippen molar-refractivity contribution in [1.82, 2.24) is 15.5 Å². The minimum absolute atomic E-state index is 0.308. The molecule has 202 valence electrons. The Morgan fingerprint density at radius 2 is 1.72 bits per heavy atom. The van der Waals surface area contributed by atoms with E-state index < -0.39 is 41.6 Å². The quantitative estimate of drug-likeness (QED) is 0.328. The summed E-state index contributed by atoms with van der Waals surface area (Å²) in [5.74, 6) is -1.51. The topological polar surface area (TPSA) is 114 Å². The van der Waals surface area contributed by atoms with Gasteiger partial charge in [-0.1, -0.05) is 49.9 Å². The van der Waals surface area contributed by atoms with E-state index in [1.54, 1.807) is 27.7 Å². The van der Waals surface area contributed by atoms with Crippen LogP contribution >= 0.6 is 0 Å². The average molecular weight is 506 g/mol. The highest BCUT2D eigenvalue weighted by Gasteiger charge is 2.35. The van der Waals surface area contributed by atoms with Crippen molar-refractivity contribution in [3.63, 3.8) is 0 Å². The number of esters is 1. The van der Waals surface area contributed by atoms with Gasteiger partial charge in [0.25, 0.3) is 0 Å². The van der Waals surface area contributed by atoms with Crippen LogP contribution in [0.25, 0.3) is 0 Å². The second-order valence-corrected chi connectivity index (χ2v) is 10.0. The molecule has 2 unspecified atom stereocenters. The molecule has 0 spiro atoms. The first-order valence-electron chi connectivity index (χ1n) is 12.5. The number of alkyl carbamates (subject to hydrolysis) is 1. The summed E-state index contributed by atoms with van der Waals surface area (Å²) in [6.45, 7) is 12.6. The van der Waals surface area contributed by atoms with Crippen molar-refractivity contribution in [3.05, 3.63) is 34.9 Å². The third-order valence-electron chi connectivity index (χ3n) is 5.56. The Hall–Kier alpha value is -3.10. The average Bonchev–Trinajstić information content (AvgIpc) is 2.79. The minimum Gasteiger partial charge on any atom is -0.468 e. The lowest BCUT2D eigenvalue weighted by atomic mass is 9.96. The standard InChI is InChI=1S/C27H43N3O6/c1-9-10-11-12-15-30(25(33)20(4)29-26(34)36-27(5,6)7)23(24(32)28-17-22(31)35-8)21-16-18(2)13-14-19(21)3/h13-14,16,20,23H,9-12,15,17H2,1-8H3,(H,28,32)(H,29,34). The Balaban J connectivity index is 3.39. The fraction of sp³-hybridized carbons (Fsp3) is 0.630. The summed E-state index contributed by atoms with van der Waals surface area (Å²) < 4.78 is 9.96. The van der Waals surface area contributed by atoms with Crippen molar-refractivity contribution < 1.29 is 28.7 Å². The number of methoxy groups -OCH3 is 1. The van der Waals surface area contributed by atoms with Crippen molar-refractivity contribution in [3.8, 4) is 0 Å². The fourth-order valence-corrected chi connectivity index (χ4v) is 3.70. The lowest BCUT2D eigenvalue weighted by Gasteiger charge is -2.34. The summed E-state index contributed by atoms with van der Waals surface area (Å²) in [7, 11) is 1.24. The third-order valence-corrected chi connectivity index (χ3v) is 5.56. The SMILES string of the molecule is CCCCCCN(C(=O)C(C)NC(=O)OC(C)(C)C)C(C(=O)NCC(=O)OC)c1cc(C)ccc1C. The summed E-state index contributed by atoms with van der Waals surface area (Å²) >= 11 is 0. The van der Waals surface area contributed by atoms with Gasteiger partial charge in [0.15, 0.2) is 0 Å². The van der Waals surface area contributed by atoms with Gasteiger partial charge in [-0.2, -0.15) is 0 Å². The molecular weight excluding hydrogens is 462 g/mol. The summed E-state index contributed by atoms with van der Waals surface area (Å²) in [5, 5.41) is 5.20. The number of nitrogens with zero attached hydrogens (tertiary/aromatic N) is 1. The molecule has 0 bridgehead atoms. The van der Waals surface area contributed by atoms with Crippen molar-refractivity contribution in [1.29, 1.82) is 0 Å². The van der Waals surface area contributed by atoms with Crippen LogP contribution in [0.1, 0.15) is 83.0 Å². The monoisotopic (exact) mass is 505 g/mol. The van der Waals surface area contributed by atoms with Crippen LogP contribution in [-0.4, -0.2) is 60.6 Å². The van der Waals surface area contributed by atoms with Crippen LogP contribution in [0.5, 0.6) is 0 Å². The fourth-order valence-electron chi connectivity index (χ4n) is 3.70. The minimum atomic E-state index is -0.994. The van der Waals surface area contributed by atoms with Gasteiger partial charge >= 0.3 is 12.1 Å². The molecule has 0 aliphatic heterocycles. The van der Waals surface area contributed by atoms with Crippen molar-refractivity contribution in [2.24, 2.45) is 0 Å². The first kappa shape index (κ1) is 30.9. The van der Waals surface area contributed by atoms with Crippen molar-refractivity contribution in [2.75, 3.05) is 20.2 Å². The van der Waals surface area contributed by atoms with Crippen molar-refractivity contribution >= 4 is 23.9 Å². The molecular formula is C27H43N3O6. The maximum absolute atomic E-state index is 13.7. The first-order valence-corrected chi connectivity index (χ1v) is 12.5. The van der Waals surface area contributed by atoms with Gasteiger partial charge in [0.2, 0.25) is 11.8 Å². The zero-order chi connectivity index (χ0) is 27.5. The summed E-state index contributed by atoms with van der Waals surface area (Å²) in [4.78, 5) is 52.7. The van der Waals surface area contributed by atoms with E-state index in [1.165, 1.54) is 12.0 Å². The molecule has 3 amide bonds. The summed E-state index contributed by atoms with van der Waals surface area (Å²) in [6, 6.07) is 3.77. The number of carbonyl (C=O) groups is 4. The van der Waals surface area contributed by atoms with Crippen LogP contribution in [0.2, 0.25) is 0 Å². The smallest absolute Gasteiger partial charge is 0.408 e. The molecule has 9 nitrogen and oxygen atoms in total. The molecule has 0 aliphatic rings. The Bertz CT molecular complexity index is 909. The van der Waals surface area contributed by atoms with E-state index in [4.69, 9.17) is 4.74 Å².